The van der Waals surface area contributed by atoms with E-state index in [0.717, 1.165) is 11.1 Å². The van der Waals surface area contributed by atoms with Crippen molar-refractivity contribution in [3.05, 3.63) is 75.3 Å². The van der Waals surface area contributed by atoms with Crippen molar-refractivity contribution in [2.75, 3.05) is 0 Å². The SMILES string of the molecule is Cc1ccc([C@H](C)OC(=O)c2cccc([N+](=O)[O-])c2)cc1. The number of nitro groups is 1. The monoisotopic (exact) mass is 285 g/mol. The predicted octanol–water partition coefficient (Wildman–Crippen LogP) is 3.82. The Morgan fingerprint density at radius 2 is 1.86 bits per heavy atom. The van der Waals surface area contributed by atoms with Crippen LogP contribution in [-0.2, 0) is 4.74 Å². The number of rotatable bonds is 4. The van der Waals surface area contributed by atoms with Crippen LogP contribution in [0.3, 0.4) is 0 Å². The van der Waals surface area contributed by atoms with Gasteiger partial charge in [0.25, 0.3) is 5.69 Å². The summed E-state index contributed by atoms with van der Waals surface area (Å²) in [6, 6.07) is 13.2. The molecular formula is C16H15NO4. The quantitative estimate of drug-likeness (QED) is 0.486. The number of esters is 1. The topological polar surface area (TPSA) is 69.4 Å². The van der Waals surface area contributed by atoms with E-state index in [1.807, 2.05) is 31.2 Å². The van der Waals surface area contributed by atoms with Gasteiger partial charge in [-0.25, -0.2) is 4.79 Å². The minimum Gasteiger partial charge on any atom is -0.454 e. The molecule has 108 valence electrons. The van der Waals surface area contributed by atoms with Gasteiger partial charge in [0.2, 0.25) is 0 Å². The molecule has 0 amide bonds. The average molecular weight is 285 g/mol. The van der Waals surface area contributed by atoms with Gasteiger partial charge in [-0.1, -0.05) is 35.9 Å². The summed E-state index contributed by atoms with van der Waals surface area (Å²) < 4.78 is 5.34. The summed E-state index contributed by atoms with van der Waals surface area (Å²) in [6.45, 7) is 3.74. The highest BCUT2D eigenvalue weighted by Gasteiger charge is 2.16. The molecule has 0 spiro atoms. The van der Waals surface area contributed by atoms with Gasteiger partial charge in [0, 0.05) is 12.1 Å². The summed E-state index contributed by atoms with van der Waals surface area (Å²) in [5.41, 5.74) is 2.03. The van der Waals surface area contributed by atoms with E-state index in [1.165, 1.54) is 24.3 Å². The van der Waals surface area contributed by atoms with E-state index >= 15 is 0 Å². The van der Waals surface area contributed by atoms with E-state index in [9.17, 15) is 14.9 Å². The number of ether oxygens (including phenoxy) is 1. The summed E-state index contributed by atoms with van der Waals surface area (Å²) >= 11 is 0. The van der Waals surface area contributed by atoms with Crippen molar-refractivity contribution in [2.45, 2.75) is 20.0 Å². The summed E-state index contributed by atoms with van der Waals surface area (Å²) in [5.74, 6) is -0.577. The van der Waals surface area contributed by atoms with Gasteiger partial charge < -0.3 is 4.74 Å². The smallest absolute Gasteiger partial charge is 0.338 e. The van der Waals surface area contributed by atoms with Gasteiger partial charge in [-0.3, -0.25) is 10.1 Å². The molecule has 0 fully saturated rings. The van der Waals surface area contributed by atoms with Crippen LogP contribution in [0, 0.1) is 17.0 Å². The van der Waals surface area contributed by atoms with E-state index in [2.05, 4.69) is 0 Å². The van der Waals surface area contributed by atoms with Crippen LogP contribution in [0.25, 0.3) is 0 Å². The molecule has 0 aliphatic carbocycles. The van der Waals surface area contributed by atoms with E-state index in [1.54, 1.807) is 6.92 Å². The Morgan fingerprint density at radius 3 is 2.48 bits per heavy atom. The highest BCUT2D eigenvalue weighted by Crippen LogP contribution is 2.20. The summed E-state index contributed by atoms with van der Waals surface area (Å²) in [4.78, 5) is 22.2. The first-order valence-electron chi connectivity index (χ1n) is 6.49. The molecule has 5 heteroatoms. The lowest BCUT2D eigenvalue weighted by molar-refractivity contribution is -0.384. The number of nitrogens with zero attached hydrogens (tertiary/aromatic N) is 1. The lowest BCUT2D eigenvalue weighted by atomic mass is 10.1. The fraction of sp³-hybridized carbons (Fsp3) is 0.188. The average Bonchev–Trinajstić information content (AvgIpc) is 2.48. The van der Waals surface area contributed by atoms with Crippen molar-refractivity contribution in [3.8, 4) is 0 Å². The number of aryl methyl sites for hydroxylation is 1. The first kappa shape index (κ1) is 14.7. The van der Waals surface area contributed by atoms with E-state index in [4.69, 9.17) is 4.74 Å². The number of carbonyl (C=O) groups is 1. The number of benzene rings is 2. The summed E-state index contributed by atoms with van der Waals surface area (Å²) in [6.07, 6.45) is -0.419. The Hall–Kier alpha value is -2.69. The van der Waals surface area contributed by atoms with Crippen molar-refractivity contribution >= 4 is 11.7 Å². The zero-order valence-electron chi connectivity index (χ0n) is 11.8. The van der Waals surface area contributed by atoms with Gasteiger partial charge in [0.15, 0.2) is 0 Å². The maximum atomic E-state index is 12.0. The standard InChI is InChI=1S/C16H15NO4/c1-11-6-8-13(9-7-11)12(2)21-16(18)14-4-3-5-15(10-14)17(19)20/h3-10,12H,1-2H3/t12-/m0/s1. The third kappa shape index (κ3) is 3.66. The van der Waals surface area contributed by atoms with Gasteiger partial charge in [-0.05, 0) is 25.5 Å². The second kappa shape index (κ2) is 6.17. The van der Waals surface area contributed by atoms with Crippen LogP contribution in [0.4, 0.5) is 5.69 Å². The normalized spacial score (nSPS) is 11.7. The Balaban J connectivity index is 2.12. The van der Waals surface area contributed by atoms with Gasteiger partial charge in [0.05, 0.1) is 10.5 Å². The lowest BCUT2D eigenvalue weighted by Gasteiger charge is -2.13. The second-order valence-corrected chi connectivity index (χ2v) is 4.77. The fourth-order valence-electron chi connectivity index (χ4n) is 1.88. The van der Waals surface area contributed by atoms with E-state index < -0.39 is 17.0 Å². The molecule has 0 N–H and O–H groups in total. The molecule has 5 nitrogen and oxygen atoms in total. The Labute approximate surface area is 122 Å². The number of hydrogen-bond donors (Lipinski definition) is 0. The predicted molar refractivity (Wildman–Crippen MR) is 78.1 cm³/mol. The van der Waals surface area contributed by atoms with E-state index in [0.29, 0.717) is 0 Å². The molecule has 1 atom stereocenters. The van der Waals surface area contributed by atoms with Crippen LogP contribution in [-0.4, -0.2) is 10.9 Å². The van der Waals surface area contributed by atoms with Crippen molar-refractivity contribution < 1.29 is 14.5 Å². The first-order valence-corrected chi connectivity index (χ1v) is 6.49. The third-order valence-electron chi connectivity index (χ3n) is 3.12. The van der Waals surface area contributed by atoms with Crippen molar-refractivity contribution in [2.24, 2.45) is 0 Å². The molecule has 0 saturated heterocycles. The Bertz CT molecular complexity index is 664. The molecule has 0 saturated carbocycles. The van der Waals surface area contributed by atoms with Gasteiger partial charge >= 0.3 is 5.97 Å². The zero-order chi connectivity index (χ0) is 15.4. The number of hydrogen-bond acceptors (Lipinski definition) is 4. The highest BCUT2D eigenvalue weighted by molar-refractivity contribution is 5.90. The van der Waals surface area contributed by atoms with Gasteiger partial charge in [-0.15, -0.1) is 0 Å². The zero-order valence-corrected chi connectivity index (χ0v) is 11.8. The van der Waals surface area contributed by atoms with Gasteiger partial charge in [-0.2, -0.15) is 0 Å². The van der Waals surface area contributed by atoms with Crippen molar-refractivity contribution in [3.63, 3.8) is 0 Å². The number of non-ortho nitro benzene ring substituents is 1. The minimum atomic E-state index is -0.577. The van der Waals surface area contributed by atoms with Crippen LogP contribution in [0.15, 0.2) is 48.5 Å². The van der Waals surface area contributed by atoms with Crippen molar-refractivity contribution in [1.29, 1.82) is 0 Å². The highest BCUT2D eigenvalue weighted by atomic mass is 16.6. The van der Waals surface area contributed by atoms with Gasteiger partial charge in [0.1, 0.15) is 6.10 Å². The minimum absolute atomic E-state index is 0.132. The molecule has 0 aromatic heterocycles. The molecule has 0 bridgehead atoms. The van der Waals surface area contributed by atoms with E-state index in [-0.39, 0.29) is 11.3 Å². The molecule has 0 aliphatic rings. The first-order chi connectivity index (χ1) is 9.97. The molecule has 2 rings (SSSR count). The van der Waals surface area contributed by atoms with Crippen LogP contribution in [0.5, 0.6) is 0 Å². The molecule has 0 heterocycles. The second-order valence-electron chi connectivity index (χ2n) is 4.77. The molecule has 2 aromatic carbocycles. The largest absolute Gasteiger partial charge is 0.454 e. The molecular weight excluding hydrogens is 270 g/mol. The maximum Gasteiger partial charge on any atom is 0.338 e. The molecule has 2 aromatic rings. The number of nitro benzene ring substituents is 1. The Morgan fingerprint density at radius 1 is 1.19 bits per heavy atom. The molecule has 0 unspecified atom stereocenters. The number of carbonyl (C=O) groups excluding carboxylic acids is 1. The lowest BCUT2D eigenvalue weighted by Crippen LogP contribution is -2.09. The molecule has 21 heavy (non-hydrogen) atoms. The van der Waals surface area contributed by atoms with Crippen LogP contribution >= 0.6 is 0 Å². The van der Waals surface area contributed by atoms with Crippen molar-refractivity contribution in [1.82, 2.24) is 0 Å². The third-order valence-corrected chi connectivity index (χ3v) is 3.12. The molecule has 0 aliphatic heterocycles. The fourth-order valence-corrected chi connectivity index (χ4v) is 1.88. The van der Waals surface area contributed by atoms with Crippen LogP contribution in [0.1, 0.15) is 34.5 Å². The van der Waals surface area contributed by atoms with Crippen LogP contribution in [0.2, 0.25) is 0 Å². The summed E-state index contributed by atoms with van der Waals surface area (Å²) in [7, 11) is 0. The maximum absolute atomic E-state index is 12.0. The Kier molecular flexibility index (Phi) is 4.33. The summed E-state index contributed by atoms with van der Waals surface area (Å²) in [5, 5.41) is 10.7. The molecule has 0 radical (unpaired) electrons. The van der Waals surface area contributed by atoms with Crippen LogP contribution < -0.4 is 0 Å².